The number of hydrogen-bond donors (Lipinski definition) is 2. The molecule has 2 N–H and O–H groups in total. The molecule has 0 aliphatic rings. The van der Waals surface area contributed by atoms with Crippen molar-refractivity contribution in [3.63, 3.8) is 0 Å². The lowest BCUT2D eigenvalue weighted by Crippen LogP contribution is -2.29. The number of carbonyl (C=O) groups excluding carboxylic acids is 1. The van der Waals surface area contributed by atoms with Gasteiger partial charge in [0.05, 0.1) is 18.7 Å². The Morgan fingerprint density at radius 1 is 1.47 bits per heavy atom. The minimum Gasteiger partial charge on any atom is -0.496 e. The topological polar surface area (TPSA) is 92.8 Å². The van der Waals surface area contributed by atoms with Crippen LogP contribution in [0.25, 0.3) is 0 Å². The van der Waals surface area contributed by atoms with Gasteiger partial charge >= 0.3 is 0 Å². The molecule has 0 radical (unpaired) electrons. The molecule has 1 aromatic carbocycles. The van der Waals surface area contributed by atoms with Crippen LogP contribution in [0.4, 0.5) is 0 Å². The van der Waals surface area contributed by atoms with Crippen molar-refractivity contribution in [1.82, 2.24) is 25.9 Å². The summed E-state index contributed by atoms with van der Waals surface area (Å²) in [6, 6.07) is 6.76. The molecule has 1 heterocycles. The molecular weight excluding hydrogens is 246 g/mol. The van der Waals surface area contributed by atoms with Gasteiger partial charge in [0.15, 0.2) is 5.82 Å². The Hall–Kier alpha value is -2.44. The maximum absolute atomic E-state index is 12.2. The number of H-pyrrole nitrogens is 1. The van der Waals surface area contributed by atoms with E-state index in [1.54, 1.807) is 18.2 Å². The molecular formula is C12H15N5O2. The average Bonchev–Trinajstić information content (AvgIpc) is 2.98. The molecule has 7 nitrogen and oxygen atoms in total. The quantitative estimate of drug-likeness (QED) is 0.840. The number of nitrogens with one attached hydrogen (secondary N) is 2. The maximum Gasteiger partial charge on any atom is 0.255 e. The Morgan fingerprint density at radius 2 is 2.26 bits per heavy atom. The molecule has 1 amide bonds. The first kappa shape index (κ1) is 13.0. The fraction of sp³-hybridized carbons (Fsp3) is 0.333. The molecule has 1 aromatic heterocycles. The molecule has 1 atom stereocenters. The highest BCUT2D eigenvalue weighted by Crippen LogP contribution is 2.19. The number of tetrazole rings is 1. The molecule has 7 heteroatoms. The summed E-state index contributed by atoms with van der Waals surface area (Å²) in [7, 11) is 1.53. The molecule has 0 spiro atoms. The van der Waals surface area contributed by atoms with Gasteiger partial charge in [0.2, 0.25) is 0 Å². The van der Waals surface area contributed by atoms with Gasteiger partial charge in [0.25, 0.3) is 5.91 Å². The highest BCUT2D eigenvalue weighted by molar-refractivity contribution is 5.97. The Morgan fingerprint density at radius 3 is 2.89 bits per heavy atom. The van der Waals surface area contributed by atoms with Crippen molar-refractivity contribution in [3.05, 3.63) is 35.7 Å². The molecule has 0 fully saturated rings. The van der Waals surface area contributed by atoms with Crippen molar-refractivity contribution in [2.75, 3.05) is 7.11 Å². The number of nitrogens with zero attached hydrogens (tertiary/aromatic N) is 3. The number of hydrogen-bond acceptors (Lipinski definition) is 5. The summed E-state index contributed by atoms with van der Waals surface area (Å²) in [4.78, 5) is 12.2. The van der Waals surface area contributed by atoms with Crippen LogP contribution >= 0.6 is 0 Å². The normalized spacial score (nSPS) is 11.9. The van der Waals surface area contributed by atoms with E-state index in [1.807, 2.05) is 13.0 Å². The van der Waals surface area contributed by atoms with Gasteiger partial charge in [-0.25, -0.2) is 0 Å². The van der Waals surface area contributed by atoms with Gasteiger partial charge in [-0.3, -0.25) is 4.79 Å². The van der Waals surface area contributed by atoms with Gasteiger partial charge in [-0.1, -0.05) is 24.3 Å². The summed E-state index contributed by atoms with van der Waals surface area (Å²) in [6.45, 7) is 1.93. The van der Waals surface area contributed by atoms with Gasteiger partial charge in [0.1, 0.15) is 5.75 Å². The average molecular weight is 261 g/mol. The number of methoxy groups -OCH3 is 1. The highest BCUT2D eigenvalue weighted by atomic mass is 16.5. The summed E-state index contributed by atoms with van der Waals surface area (Å²) in [6.07, 6.45) is 0.667. The monoisotopic (exact) mass is 261 g/mol. The number of amides is 1. The SMILES string of the molecule is CCC(NC(=O)c1ccccc1OC)c1nn[nH]n1. The zero-order valence-corrected chi connectivity index (χ0v) is 10.8. The summed E-state index contributed by atoms with van der Waals surface area (Å²) in [5.74, 6) is 0.766. The van der Waals surface area contributed by atoms with Crippen LogP contribution in [-0.4, -0.2) is 33.6 Å². The summed E-state index contributed by atoms with van der Waals surface area (Å²) < 4.78 is 5.16. The van der Waals surface area contributed by atoms with Crippen LogP contribution in [0.5, 0.6) is 5.75 Å². The van der Waals surface area contributed by atoms with E-state index in [1.165, 1.54) is 7.11 Å². The minimum absolute atomic E-state index is 0.228. The third kappa shape index (κ3) is 2.87. The van der Waals surface area contributed by atoms with E-state index in [0.29, 0.717) is 23.6 Å². The van der Waals surface area contributed by atoms with E-state index in [-0.39, 0.29) is 11.9 Å². The zero-order chi connectivity index (χ0) is 13.7. The first-order valence-electron chi connectivity index (χ1n) is 5.93. The number of rotatable bonds is 5. The number of aromatic nitrogens is 4. The van der Waals surface area contributed by atoms with Gasteiger partial charge < -0.3 is 10.1 Å². The summed E-state index contributed by atoms with van der Waals surface area (Å²) >= 11 is 0. The van der Waals surface area contributed by atoms with E-state index in [4.69, 9.17) is 4.74 Å². The zero-order valence-electron chi connectivity index (χ0n) is 10.8. The molecule has 19 heavy (non-hydrogen) atoms. The smallest absolute Gasteiger partial charge is 0.255 e. The van der Waals surface area contributed by atoms with Crippen molar-refractivity contribution < 1.29 is 9.53 Å². The lowest BCUT2D eigenvalue weighted by Gasteiger charge is -2.14. The Bertz CT molecular complexity index is 541. The van der Waals surface area contributed by atoms with Crippen LogP contribution in [0.3, 0.4) is 0 Å². The van der Waals surface area contributed by atoms with E-state index >= 15 is 0 Å². The lowest BCUT2D eigenvalue weighted by molar-refractivity contribution is 0.0930. The molecule has 100 valence electrons. The molecule has 0 bridgehead atoms. The van der Waals surface area contributed by atoms with Gasteiger partial charge in [-0.15, -0.1) is 10.2 Å². The number of carbonyl (C=O) groups is 1. The second-order valence-electron chi connectivity index (χ2n) is 3.90. The second kappa shape index (κ2) is 5.94. The van der Waals surface area contributed by atoms with Crippen LogP contribution in [0.15, 0.2) is 24.3 Å². The molecule has 0 aliphatic carbocycles. The predicted octanol–water partition coefficient (Wildman–Crippen LogP) is 1.09. The van der Waals surface area contributed by atoms with E-state index in [9.17, 15) is 4.79 Å². The van der Waals surface area contributed by atoms with Crippen LogP contribution in [0.2, 0.25) is 0 Å². The van der Waals surface area contributed by atoms with Gasteiger partial charge in [0, 0.05) is 0 Å². The minimum atomic E-state index is -0.281. The lowest BCUT2D eigenvalue weighted by atomic mass is 10.1. The molecule has 0 saturated carbocycles. The summed E-state index contributed by atoms with van der Waals surface area (Å²) in [5.41, 5.74) is 0.479. The summed E-state index contributed by atoms with van der Waals surface area (Å²) in [5, 5.41) is 16.5. The molecule has 0 aliphatic heterocycles. The van der Waals surface area contributed by atoms with Crippen molar-refractivity contribution in [2.24, 2.45) is 0 Å². The second-order valence-corrected chi connectivity index (χ2v) is 3.90. The first-order valence-corrected chi connectivity index (χ1v) is 5.93. The number of benzene rings is 1. The third-order valence-corrected chi connectivity index (χ3v) is 2.74. The molecule has 1 unspecified atom stereocenters. The predicted molar refractivity (Wildman–Crippen MR) is 67.7 cm³/mol. The van der Waals surface area contributed by atoms with Crippen LogP contribution in [-0.2, 0) is 0 Å². The van der Waals surface area contributed by atoms with Crippen molar-refractivity contribution in [1.29, 1.82) is 0 Å². The van der Waals surface area contributed by atoms with Crippen molar-refractivity contribution >= 4 is 5.91 Å². The van der Waals surface area contributed by atoms with Crippen molar-refractivity contribution in [2.45, 2.75) is 19.4 Å². The van der Waals surface area contributed by atoms with Gasteiger partial charge in [-0.05, 0) is 18.6 Å². The fourth-order valence-corrected chi connectivity index (χ4v) is 1.73. The number of ether oxygens (including phenoxy) is 1. The van der Waals surface area contributed by atoms with E-state index < -0.39 is 0 Å². The number of aromatic amines is 1. The van der Waals surface area contributed by atoms with E-state index in [2.05, 4.69) is 25.9 Å². The van der Waals surface area contributed by atoms with Crippen LogP contribution in [0.1, 0.15) is 35.6 Å². The Balaban J connectivity index is 2.16. The Kier molecular flexibility index (Phi) is 4.07. The van der Waals surface area contributed by atoms with Crippen LogP contribution in [0, 0.1) is 0 Å². The maximum atomic E-state index is 12.2. The molecule has 2 rings (SSSR count). The fourth-order valence-electron chi connectivity index (χ4n) is 1.73. The standard InChI is InChI=1S/C12H15N5O2/c1-3-9(11-14-16-17-15-11)13-12(18)8-6-4-5-7-10(8)19-2/h4-7,9H,3H2,1-2H3,(H,13,18)(H,14,15,16,17). The largest absolute Gasteiger partial charge is 0.496 e. The number of para-hydroxylation sites is 1. The van der Waals surface area contributed by atoms with Gasteiger partial charge in [-0.2, -0.15) is 5.21 Å². The van der Waals surface area contributed by atoms with Crippen molar-refractivity contribution in [3.8, 4) is 5.75 Å². The third-order valence-electron chi connectivity index (χ3n) is 2.74. The molecule has 2 aromatic rings. The first-order chi connectivity index (χ1) is 9.26. The van der Waals surface area contributed by atoms with E-state index in [0.717, 1.165) is 0 Å². The Labute approximate surface area is 110 Å². The molecule has 0 saturated heterocycles. The highest BCUT2D eigenvalue weighted by Gasteiger charge is 2.19. The van der Waals surface area contributed by atoms with Crippen LogP contribution < -0.4 is 10.1 Å².